The van der Waals surface area contributed by atoms with Crippen LogP contribution < -0.4 is 5.32 Å². The highest BCUT2D eigenvalue weighted by Gasteiger charge is 2.12. The largest absolute Gasteiger partial charge is 0.472 e. The average molecular weight is 314 g/mol. The third-order valence-corrected chi connectivity index (χ3v) is 3.10. The molecule has 0 aromatic carbocycles. The Hall–Kier alpha value is -3.29. The molecule has 118 valence electrons. The fraction of sp³-hybridized carbons (Fsp3) is 0.133. The van der Waals surface area contributed by atoms with Crippen LogP contribution >= 0.6 is 0 Å². The molecule has 1 amide bonds. The number of H-pyrrole nitrogens is 1. The molecule has 0 aliphatic heterocycles. The number of carboxylic acid groups (broad SMARTS) is 1. The predicted molar refractivity (Wildman–Crippen MR) is 82.4 cm³/mol. The summed E-state index contributed by atoms with van der Waals surface area (Å²) in [5, 5.41) is 15.8. The smallest absolute Gasteiger partial charge is 0.404 e. The summed E-state index contributed by atoms with van der Waals surface area (Å²) in [5.41, 5.74) is 2.94. The van der Waals surface area contributed by atoms with Crippen molar-refractivity contribution >= 4 is 22.7 Å². The fourth-order valence-corrected chi connectivity index (χ4v) is 2.07. The van der Waals surface area contributed by atoms with Gasteiger partial charge in [-0.1, -0.05) is 5.16 Å². The molecule has 0 fully saturated rings. The molecule has 0 atom stereocenters. The Balaban J connectivity index is 1.82. The van der Waals surface area contributed by atoms with Crippen molar-refractivity contribution in [2.45, 2.75) is 0 Å². The zero-order valence-corrected chi connectivity index (χ0v) is 12.0. The van der Waals surface area contributed by atoms with Crippen molar-refractivity contribution < 1.29 is 19.2 Å². The van der Waals surface area contributed by atoms with Crippen LogP contribution in [0, 0.1) is 0 Å². The summed E-state index contributed by atoms with van der Waals surface area (Å²) in [6.07, 6.45) is 5.44. The quantitative estimate of drug-likeness (QED) is 0.367. The van der Waals surface area contributed by atoms with Crippen molar-refractivity contribution in [1.82, 2.24) is 15.3 Å². The Morgan fingerprint density at radius 3 is 3.13 bits per heavy atom. The van der Waals surface area contributed by atoms with Gasteiger partial charge >= 0.3 is 6.09 Å². The van der Waals surface area contributed by atoms with E-state index in [0.717, 1.165) is 22.2 Å². The zero-order chi connectivity index (χ0) is 16.1. The molecule has 0 aliphatic rings. The number of hydrogen-bond donors (Lipinski definition) is 3. The highest BCUT2D eigenvalue weighted by Crippen LogP contribution is 2.17. The van der Waals surface area contributed by atoms with Gasteiger partial charge in [0, 0.05) is 17.1 Å². The van der Waals surface area contributed by atoms with Crippen LogP contribution in [-0.4, -0.2) is 40.0 Å². The third kappa shape index (κ3) is 3.49. The maximum Gasteiger partial charge on any atom is 0.404 e. The van der Waals surface area contributed by atoms with E-state index in [2.05, 4.69) is 20.4 Å². The SMILES string of the molecule is O=C(O)NCCO/N=C(\c1ccoc1)c1cc2ccncc2[nH]1. The molecule has 0 radical (unpaired) electrons. The number of aromatic nitrogens is 2. The van der Waals surface area contributed by atoms with Gasteiger partial charge in [0.2, 0.25) is 0 Å². The lowest BCUT2D eigenvalue weighted by molar-refractivity contribution is 0.141. The number of aromatic amines is 1. The van der Waals surface area contributed by atoms with Gasteiger partial charge in [-0.25, -0.2) is 4.79 Å². The summed E-state index contributed by atoms with van der Waals surface area (Å²) in [6.45, 7) is 0.267. The molecule has 8 heteroatoms. The van der Waals surface area contributed by atoms with Gasteiger partial charge in [0.1, 0.15) is 12.3 Å². The summed E-state index contributed by atoms with van der Waals surface area (Å²) < 4.78 is 5.10. The molecule has 23 heavy (non-hydrogen) atoms. The minimum Gasteiger partial charge on any atom is -0.472 e. The van der Waals surface area contributed by atoms with E-state index in [-0.39, 0.29) is 13.2 Å². The fourth-order valence-electron chi connectivity index (χ4n) is 2.07. The van der Waals surface area contributed by atoms with Gasteiger partial charge in [-0.2, -0.15) is 0 Å². The van der Waals surface area contributed by atoms with Crippen LogP contribution in [0.4, 0.5) is 4.79 Å². The summed E-state index contributed by atoms with van der Waals surface area (Å²) in [6, 6.07) is 5.59. The number of pyridine rings is 1. The monoisotopic (exact) mass is 314 g/mol. The molecule has 0 bridgehead atoms. The summed E-state index contributed by atoms with van der Waals surface area (Å²) in [7, 11) is 0. The molecule has 0 aliphatic carbocycles. The Labute approximate surface area is 130 Å². The molecule has 3 N–H and O–H groups in total. The minimum atomic E-state index is -1.10. The standard InChI is InChI=1S/C15H14N4O4/c20-15(21)17-4-6-23-19-14(11-2-5-22-9-11)12-7-10-1-3-16-8-13(10)18-12/h1-3,5,7-9,17-18H,4,6H2,(H,20,21)/b19-14+. The Morgan fingerprint density at radius 1 is 1.48 bits per heavy atom. The zero-order valence-electron chi connectivity index (χ0n) is 12.0. The summed E-state index contributed by atoms with van der Waals surface area (Å²) in [4.78, 5) is 22.9. The Bertz CT molecular complexity index is 790. The number of fused-ring (bicyclic) bond motifs is 1. The Kier molecular flexibility index (Phi) is 4.23. The van der Waals surface area contributed by atoms with Gasteiger partial charge < -0.3 is 24.7 Å². The van der Waals surface area contributed by atoms with Gasteiger partial charge in [-0.15, -0.1) is 0 Å². The van der Waals surface area contributed by atoms with Crippen molar-refractivity contribution in [3.63, 3.8) is 0 Å². The lowest BCUT2D eigenvalue weighted by atomic mass is 10.1. The van der Waals surface area contributed by atoms with Gasteiger partial charge in [0.05, 0.1) is 36.5 Å². The van der Waals surface area contributed by atoms with E-state index in [1.807, 2.05) is 12.1 Å². The van der Waals surface area contributed by atoms with Crippen LogP contribution in [0.2, 0.25) is 0 Å². The lowest BCUT2D eigenvalue weighted by Crippen LogP contribution is -2.24. The molecule has 3 heterocycles. The summed E-state index contributed by atoms with van der Waals surface area (Å²) >= 11 is 0. The number of nitrogens with one attached hydrogen (secondary N) is 2. The molecule has 0 saturated heterocycles. The molecule has 0 unspecified atom stereocenters. The van der Waals surface area contributed by atoms with E-state index < -0.39 is 6.09 Å². The molecule has 3 aromatic rings. The van der Waals surface area contributed by atoms with Crippen LogP contribution in [0.5, 0.6) is 0 Å². The van der Waals surface area contributed by atoms with Gasteiger partial charge in [0.25, 0.3) is 0 Å². The first-order valence-electron chi connectivity index (χ1n) is 6.86. The molecule has 3 aromatic heterocycles. The molecule has 0 saturated carbocycles. The number of carbonyl (C=O) groups is 1. The van der Waals surface area contributed by atoms with E-state index in [0.29, 0.717) is 5.71 Å². The minimum absolute atomic E-state index is 0.120. The van der Waals surface area contributed by atoms with Crippen molar-refractivity contribution in [2.75, 3.05) is 13.2 Å². The predicted octanol–water partition coefficient (Wildman–Crippen LogP) is 2.19. The number of hydrogen-bond acceptors (Lipinski definition) is 5. The normalized spacial score (nSPS) is 11.6. The highest BCUT2D eigenvalue weighted by molar-refractivity contribution is 6.13. The topological polar surface area (TPSA) is 113 Å². The number of rotatable bonds is 6. The van der Waals surface area contributed by atoms with Crippen LogP contribution in [-0.2, 0) is 4.84 Å². The first-order chi connectivity index (χ1) is 11.2. The van der Waals surface area contributed by atoms with E-state index in [1.165, 1.54) is 0 Å². The van der Waals surface area contributed by atoms with Crippen LogP contribution in [0.1, 0.15) is 11.3 Å². The maximum absolute atomic E-state index is 10.4. The number of nitrogens with zero attached hydrogens (tertiary/aromatic N) is 2. The molecule has 3 rings (SSSR count). The van der Waals surface area contributed by atoms with Crippen LogP contribution in [0.15, 0.2) is 52.7 Å². The van der Waals surface area contributed by atoms with E-state index >= 15 is 0 Å². The van der Waals surface area contributed by atoms with Crippen molar-refractivity contribution in [1.29, 1.82) is 0 Å². The summed E-state index contributed by atoms with van der Waals surface area (Å²) in [5.74, 6) is 0. The molecular formula is C15H14N4O4. The number of amides is 1. The van der Waals surface area contributed by atoms with Crippen molar-refractivity contribution in [3.8, 4) is 0 Å². The van der Waals surface area contributed by atoms with E-state index in [9.17, 15) is 4.79 Å². The van der Waals surface area contributed by atoms with E-state index in [1.54, 1.807) is 31.0 Å². The van der Waals surface area contributed by atoms with Crippen LogP contribution in [0.25, 0.3) is 10.9 Å². The molecular weight excluding hydrogens is 300 g/mol. The second kappa shape index (κ2) is 6.65. The van der Waals surface area contributed by atoms with Crippen molar-refractivity contribution in [3.05, 3.63) is 54.4 Å². The molecule has 8 nitrogen and oxygen atoms in total. The third-order valence-electron chi connectivity index (χ3n) is 3.10. The second-order valence-corrected chi connectivity index (χ2v) is 4.66. The van der Waals surface area contributed by atoms with Crippen LogP contribution in [0.3, 0.4) is 0 Å². The van der Waals surface area contributed by atoms with Gasteiger partial charge in [0.15, 0.2) is 0 Å². The second-order valence-electron chi connectivity index (χ2n) is 4.66. The molecule has 0 spiro atoms. The van der Waals surface area contributed by atoms with Gasteiger partial charge in [-0.3, -0.25) is 4.98 Å². The van der Waals surface area contributed by atoms with E-state index in [4.69, 9.17) is 14.4 Å². The number of furan rings is 1. The highest BCUT2D eigenvalue weighted by atomic mass is 16.6. The van der Waals surface area contributed by atoms with Gasteiger partial charge in [-0.05, 0) is 18.2 Å². The average Bonchev–Trinajstić information content (AvgIpc) is 3.19. The lowest BCUT2D eigenvalue weighted by Gasteiger charge is -2.03. The first kappa shape index (κ1) is 14.6. The number of oxime groups is 1. The first-order valence-corrected chi connectivity index (χ1v) is 6.86. The van der Waals surface area contributed by atoms with Crippen molar-refractivity contribution in [2.24, 2.45) is 5.16 Å². The Morgan fingerprint density at radius 2 is 2.39 bits per heavy atom. The maximum atomic E-state index is 10.4.